The van der Waals surface area contributed by atoms with Gasteiger partial charge in [-0.15, -0.1) is 0 Å². The van der Waals surface area contributed by atoms with Crippen molar-refractivity contribution in [1.82, 2.24) is 5.32 Å². The van der Waals surface area contributed by atoms with E-state index in [1.165, 1.54) is 0 Å². The second kappa shape index (κ2) is 4.73. The highest BCUT2D eigenvalue weighted by Gasteiger charge is 2.10. The summed E-state index contributed by atoms with van der Waals surface area (Å²) < 4.78 is 0. The molecule has 3 heteroatoms. The standard InChI is InChI=1S/C6H17N3/c1-3-6(9-2)5(8)4-7/h5-6,9H,3-4,7-8H2,1-2H3. The number of hydrogen-bond acceptors (Lipinski definition) is 3. The Bertz CT molecular complexity index is 61.3. The van der Waals surface area contributed by atoms with Crippen LogP contribution in [0.3, 0.4) is 0 Å². The third-order valence-corrected chi connectivity index (χ3v) is 1.60. The predicted molar refractivity (Wildman–Crippen MR) is 40.2 cm³/mol. The van der Waals surface area contributed by atoms with Crippen LogP contribution >= 0.6 is 0 Å². The Morgan fingerprint density at radius 3 is 2.22 bits per heavy atom. The molecule has 0 saturated carbocycles. The first kappa shape index (κ1) is 8.88. The van der Waals surface area contributed by atoms with Crippen LogP contribution in [0.5, 0.6) is 0 Å². The molecule has 2 atom stereocenters. The highest BCUT2D eigenvalue weighted by Crippen LogP contribution is 1.92. The molecule has 0 aliphatic rings. The van der Waals surface area contributed by atoms with E-state index in [2.05, 4.69) is 12.2 Å². The maximum Gasteiger partial charge on any atom is 0.0319 e. The normalized spacial score (nSPS) is 17.3. The summed E-state index contributed by atoms with van der Waals surface area (Å²) in [6.45, 7) is 2.65. The average Bonchev–Trinajstić information content (AvgIpc) is 1.90. The average molecular weight is 131 g/mol. The highest BCUT2D eigenvalue weighted by molar-refractivity contribution is 4.76. The summed E-state index contributed by atoms with van der Waals surface area (Å²) in [6.07, 6.45) is 1.04. The van der Waals surface area contributed by atoms with Gasteiger partial charge in [-0.25, -0.2) is 0 Å². The van der Waals surface area contributed by atoms with Crippen LogP contribution in [-0.4, -0.2) is 25.7 Å². The number of hydrogen-bond donors (Lipinski definition) is 3. The highest BCUT2D eigenvalue weighted by atomic mass is 14.9. The van der Waals surface area contributed by atoms with Crippen LogP contribution in [0.2, 0.25) is 0 Å². The van der Waals surface area contributed by atoms with E-state index in [4.69, 9.17) is 11.5 Å². The van der Waals surface area contributed by atoms with Gasteiger partial charge < -0.3 is 16.8 Å². The van der Waals surface area contributed by atoms with Crippen molar-refractivity contribution < 1.29 is 0 Å². The molecule has 56 valence electrons. The third kappa shape index (κ3) is 2.79. The lowest BCUT2D eigenvalue weighted by Gasteiger charge is -2.19. The first-order valence-electron chi connectivity index (χ1n) is 3.39. The van der Waals surface area contributed by atoms with Crippen LogP contribution in [-0.2, 0) is 0 Å². The van der Waals surface area contributed by atoms with Crippen LogP contribution in [0.25, 0.3) is 0 Å². The van der Waals surface area contributed by atoms with Gasteiger partial charge in [0.05, 0.1) is 0 Å². The Morgan fingerprint density at radius 2 is 2.11 bits per heavy atom. The van der Waals surface area contributed by atoms with Crippen LogP contribution in [0.1, 0.15) is 13.3 Å². The van der Waals surface area contributed by atoms with E-state index in [0.29, 0.717) is 12.6 Å². The molecule has 0 radical (unpaired) electrons. The molecule has 0 fully saturated rings. The van der Waals surface area contributed by atoms with E-state index in [9.17, 15) is 0 Å². The molecule has 0 aromatic rings. The summed E-state index contributed by atoms with van der Waals surface area (Å²) in [5.41, 5.74) is 11.0. The predicted octanol–water partition coefficient (Wildman–Crippen LogP) is -0.730. The molecule has 3 nitrogen and oxygen atoms in total. The summed E-state index contributed by atoms with van der Waals surface area (Å²) >= 11 is 0. The molecule has 0 amide bonds. The van der Waals surface area contributed by atoms with Crippen molar-refractivity contribution in [3.63, 3.8) is 0 Å². The maximum absolute atomic E-state index is 5.65. The van der Waals surface area contributed by atoms with Gasteiger partial charge in [0.15, 0.2) is 0 Å². The van der Waals surface area contributed by atoms with E-state index in [-0.39, 0.29) is 6.04 Å². The molecule has 0 spiro atoms. The Labute approximate surface area is 56.8 Å². The van der Waals surface area contributed by atoms with Gasteiger partial charge in [-0.3, -0.25) is 0 Å². The quantitative estimate of drug-likeness (QED) is 0.471. The SMILES string of the molecule is CCC(NC)C(N)CN. The van der Waals surface area contributed by atoms with Crippen molar-refractivity contribution >= 4 is 0 Å². The summed E-state index contributed by atoms with van der Waals surface area (Å²) in [4.78, 5) is 0. The van der Waals surface area contributed by atoms with Crippen LogP contribution in [0.4, 0.5) is 0 Å². The second-order valence-electron chi connectivity index (χ2n) is 2.20. The lowest BCUT2D eigenvalue weighted by molar-refractivity contribution is 0.452. The summed E-state index contributed by atoms with van der Waals surface area (Å²) in [5, 5.41) is 3.10. The van der Waals surface area contributed by atoms with Crippen LogP contribution in [0.15, 0.2) is 0 Å². The van der Waals surface area contributed by atoms with Crippen molar-refractivity contribution in [2.24, 2.45) is 11.5 Å². The van der Waals surface area contributed by atoms with E-state index < -0.39 is 0 Å². The lowest BCUT2D eigenvalue weighted by Crippen LogP contribution is -2.47. The molecule has 0 aromatic heterocycles. The molecule has 2 unspecified atom stereocenters. The number of rotatable bonds is 4. The molecular formula is C6H17N3. The third-order valence-electron chi connectivity index (χ3n) is 1.60. The molecule has 0 aliphatic heterocycles. The molecular weight excluding hydrogens is 114 g/mol. The largest absolute Gasteiger partial charge is 0.329 e. The van der Waals surface area contributed by atoms with Crippen molar-refractivity contribution in [3.05, 3.63) is 0 Å². The van der Waals surface area contributed by atoms with Crippen molar-refractivity contribution in [3.8, 4) is 0 Å². The number of likely N-dealkylation sites (N-methyl/N-ethyl adjacent to an activating group) is 1. The molecule has 0 saturated heterocycles. The zero-order valence-electron chi connectivity index (χ0n) is 6.22. The second-order valence-corrected chi connectivity index (χ2v) is 2.20. The smallest absolute Gasteiger partial charge is 0.0319 e. The van der Waals surface area contributed by atoms with E-state index in [1.54, 1.807) is 0 Å². The fourth-order valence-electron chi connectivity index (χ4n) is 0.885. The Morgan fingerprint density at radius 1 is 1.56 bits per heavy atom. The minimum atomic E-state index is 0.0972. The van der Waals surface area contributed by atoms with E-state index >= 15 is 0 Å². The van der Waals surface area contributed by atoms with E-state index in [1.807, 2.05) is 7.05 Å². The Balaban J connectivity index is 3.50. The summed E-state index contributed by atoms with van der Waals surface area (Å²) in [7, 11) is 1.91. The van der Waals surface area contributed by atoms with Gasteiger partial charge in [0.2, 0.25) is 0 Å². The molecule has 0 heterocycles. The zero-order chi connectivity index (χ0) is 7.28. The minimum absolute atomic E-state index is 0.0972. The molecule has 9 heavy (non-hydrogen) atoms. The minimum Gasteiger partial charge on any atom is -0.329 e. The summed E-state index contributed by atoms with van der Waals surface area (Å²) in [6, 6.07) is 0.468. The maximum atomic E-state index is 5.65. The van der Waals surface area contributed by atoms with Gasteiger partial charge in [0, 0.05) is 18.6 Å². The molecule has 0 rings (SSSR count). The van der Waals surface area contributed by atoms with Gasteiger partial charge in [-0.2, -0.15) is 0 Å². The van der Waals surface area contributed by atoms with E-state index in [0.717, 1.165) is 6.42 Å². The first-order chi connectivity index (χ1) is 4.26. The Hall–Kier alpha value is -0.120. The monoisotopic (exact) mass is 131 g/mol. The fourth-order valence-corrected chi connectivity index (χ4v) is 0.885. The van der Waals surface area contributed by atoms with Gasteiger partial charge in [-0.05, 0) is 13.5 Å². The van der Waals surface area contributed by atoms with Gasteiger partial charge >= 0.3 is 0 Å². The van der Waals surface area contributed by atoms with Crippen LogP contribution < -0.4 is 16.8 Å². The summed E-state index contributed by atoms with van der Waals surface area (Å²) in [5.74, 6) is 0. The first-order valence-corrected chi connectivity index (χ1v) is 3.39. The molecule has 5 N–H and O–H groups in total. The zero-order valence-corrected chi connectivity index (χ0v) is 6.22. The number of nitrogens with two attached hydrogens (primary N) is 2. The van der Waals surface area contributed by atoms with Crippen LogP contribution in [0, 0.1) is 0 Å². The number of nitrogens with one attached hydrogen (secondary N) is 1. The van der Waals surface area contributed by atoms with Crippen molar-refractivity contribution in [2.45, 2.75) is 25.4 Å². The molecule has 0 aromatic carbocycles. The Kier molecular flexibility index (Phi) is 4.67. The fraction of sp³-hybridized carbons (Fsp3) is 1.00. The van der Waals surface area contributed by atoms with Gasteiger partial charge in [0.1, 0.15) is 0 Å². The van der Waals surface area contributed by atoms with Crippen molar-refractivity contribution in [1.29, 1.82) is 0 Å². The molecule has 0 aliphatic carbocycles. The van der Waals surface area contributed by atoms with Gasteiger partial charge in [-0.1, -0.05) is 6.92 Å². The topological polar surface area (TPSA) is 64.1 Å². The van der Waals surface area contributed by atoms with Crippen molar-refractivity contribution in [2.75, 3.05) is 13.6 Å². The van der Waals surface area contributed by atoms with Gasteiger partial charge in [0.25, 0.3) is 0 Å². The lowest BCUT2D eigenvalue weighted by atomic mass is 10.1. The molecule has 0 bridgehead atoms.